The molecule has 3 aliphatic heterocycles. The summed E-state index contributed by atoms with van der Waals surface area (Å²) in [4.78, 5) is 47.8. The minimum absolute atomic E-state index is 0.0383. The molecule has 0 saturated carbocycles. The summed E-state index contributed by atoms with van der Waals surface area (Å²) in [7, 11) is 0. The van der Waals surface area contributed by atoms with Crippen molar-refractivity contribution in [3.05, 3.63) is 64.0 Å². The Bertz CT molecular complexity index is 1120. The predicted molar refractivity (Wildman–Crippen MR) is 135 cm³/mol. The summed E-state index contributed by atoms with van der Waals surface area (Å²) in [5.41, 5.74) is 2.73. The first-order chi connectivity index (χ1) is 17.5. The molecular formula is C26H32N6O4. The van der Waals surface area contributed by atoms with Crippen molar-refractivity contribution in [3.63, 3.8) is 0 Å². The normalized spacial score (nSPS) is 21.6. The number of anilines is 1. The fraction of sp³-hybridized carbons (Fsp3) is 0.500. The van der Waals surface area contributed by atoms with Crippen LogP contribution in [0.4, 0.5) is 11.4 Å². The molecule has 10 nitrogen and oxygen atoms in total. The summed E-state index contributed by atoms with van der Waals surface area (Å²) in [6, 6.07) is 10.6. The van der Waals surface area contributed by atoms with E-state index in [0.29, 0.717) is 45.6 Å². The lowest BCUT2D eigenvalue weighted by Gasteiger charge is -2.49. The molecule has 2 atom stereocenters. The van der Waals surface area contributed by atoms with Crippen LogP contribution in [0.3, 0.4) is 0 Å². The third kappa shape index (κ3) is 5.18. The maximum Gasteiger partial charge on any atom is 0.269 e. The number of benzene rings is 1. The van der Waals surface area contributed by atoms with Gasteiger partial charge in [-0.15, -0.1) is 0 Å². The molecule has 0 radical (unpaired) electrons. The first-order valence-electron chi connectivity index (χ1n) is 12.7. The summed E-state index contributed by atoms with van der Waals surface area (Å²) in [5.74, 6) is -0.275. The van der Waals surface area contributed by atoms with Crippen molar-refractivity contribution in [2.45, 2.75) is 31.7 Å². The van der Waals surface area contributed by atoms with Crippen molar-refractivity contribution in [3.8, 4) is 0 Å². The van der Waals surface area contributed by atoms with Crippen LogP contribution in [0, 0.1) is 16.0 Å². The molecule has 2 amide bonds. The van der Waals surface area contributed by atoms with E-state index in [4.69, 9.17) is 0 Å². The third-order valence-electron chi connectivity index (χ3n) is 7.55. The van der Waals surface area contributed by atoms with Gasteiger partial charge in [0.05, 0.1) is 23.4 Å². The fourth-order valence-electron chi connectivity index (χ4n) is 5.67. The highest BCUT2D eigenvalue weighted by Gasteiger charge is 2.42. The standard InChI is InChI=1S/C26H32N6O4/c33-25(30-11-3-4-12-30)18-29-13-14-31-23-7-6-21(32(35)36)15-19(23)16-22(24(31)17-29)26(34)28-10-8-20-5-1-2-9-27-20/h1-2,5-7,9,15,22,24H,3-4,8,10-14,16-18H2,(H,28,34)/t22-,24-/m1/s1. The van der Waals surface area contributed by atoms with Crippen LogP contribution in [-0.4, -0.2) is 83.4 Å². The van der Waals surface area contributed by atoms with Gasteiger partial charge in [-0.25, -0.2) is 0 Å². The molecule has 1 aromatic carbocycles. The first kappa shape index (κ1) is 24.2. The van der Waals surface area contributed by atoms with Crippen LogP contribution in [-0.2, 0) is 22.4 Å². The van der Waals surface area contributed by atoms with Crippen molar-refractivity contribution >= 4 is 23.2 Å². The van der Waals surface area contributed by atoms with E-state index in [1.807, 2.05) is 23.1 Å². The number of non-ortho nitro benzene ring substituents is 1. The number of fused-ring (bicyclic) bond motifs is 3. The highest BCUT2D eigenvalue weighted by molar-refractivity contribution is 5.82. The van der Waals surface area contributed by atoms with E-state index in [1.165, 1.54) is 6.07 Å². The van der Waals surface area contributed by atoms with E-state index in [-0.39, 0.29) is 29.5 Å². The number of piperazine rings is 1. The van der Waals surface area contributed by atoms with Gasteiger partial charge in [-0.3, -0.25) is 29.6 Å². The number of likely N-dealkylation sites (tertiary alicyclic amines) is 1. The van der Waals surface area contributed by atoms with Crippen molar-refractivity contribution in [1.29, 1.82) is 0 Å². The van der Waals surface area contributed by atoms with Crippen LogP contribution in [0.2, 0.25) is 0 Å². The Hall–Kier alpha value is -3.53. The molecule has 190 valence electrons. The van der Waals surface area contributed by atoms with Gasteiger partial charge in [0.1, 0.15) is 0 Å². The molecule has 4 heterocycles. The van der Waals surface area contributed by atoms with Crippen LogP contribution in [0.25, 0.3) is 0 Å². The van der Waals surface area contributed by atoms with Crippen molar-refractivity contribution in [2.24, 2.45) is 5.92 Å². The van der Waals surface area contributed by atoms with Crippen LogP contribution in [0.5, 0.6) is 0 Å². The highest BCUT2D eigenvalue weighted by Crippen LogP contribution is 2.38. The zero-order valence-electron chi connectivity index (χ0n) is 20.3. The minimum Gasteiger partial charge on any atom is -0.365 e. The van der Waals surface area contributed by atoms with Gasteiger partial charge in [0, 0.05) is 75.4 Å². The fourth-order valence-corrected chi connectivity index (χ4v) is 5.67. The number of rotatable bonds is 7. The topological polar surface area (TPSA) is 112 Å². The van der Waals surface area contributed by atoms with E-state index in [0.717, 1.165) is 42.9 Å². The maximum absolute atomic E-state index is 13.4. The molecule has 0 spiro atoms. The molecule has 3 aliphatic rings. The number of pyridine rings is 1. The molecule has 0 unspecified atom stereocenters. The third-order valence-corrected chi connectivity index (χ3v) is 7.55. The van der Waals surface area contributed by atoms with Gasteiger partial charge in [-0.1, -0.05) is 6.07 Å². The highest BCUT2D eigenvalue weighted by atomic mass is 16.6. The van der Waals surface area contributed by atoms with Crippen LogP contribution in [0.1, 0.15) is 24.1 Å². The Kier molecular flexibility index (Phi) is 7.13. The minimum atomic E-state index is -0.393. The number of nitro benzene ring substituents is 1. The number of nitrogens with one attached hydrogen (secondary N) is 1. The number of carbonyl (C=O) groups excluding carboxylic acids is 2. The maximum atomic E-state index is 13.4. The second kappa shape index (κ2) is 10.6. The number of nitro groups is 1. The Labute approximate surface area is 210 Å². The summed E-state index contributed by atoms with van der Waals surface area (Å²) < 4.78 is 0. The second-order valence-electron chi connectivity index (χ2n) is 9.83. The first-order valence-corrected chi connectivity index (χ1v) is 12.7. The molecule has 2 aromatic rings. The summed E-state index contributed by atoms with van der Waals surface area (Å²) in [6.45, 7) is 4.48. The zero-order valence-corrected chi connectivity index (χ0v) is 20.3. The molecule has 2 fully saturated rings. The van der Waals surface area contributed by atoms with Crippen LogP contribution in [0.15, 0.2) is 42.6 Å². The van der Waals surface area contributed by atoms with Crippen LogP contribution < -0.4 is 10.2 Å². The van der Waals surface area contributed by atoms with Crippen molar-refractivity contribution in [1.82, 2.24) is 20.1 Å². The summed E-state index contributed by atoms with van der Waals surface area (Å²) in [5, 5.41) is 14.4. The zero-order chi connectivity index (χ0) is 25.1. The van der Waals surface area contributed by atoms with Gasteiger partial charge in [0.25, 0.3) is 5.69 Å². The number of amides is 2. The van der Waals surface area contributed by atoms with Crippen LogP contribution >= 0.6 is 0 Å². The quantitative estimate of drug-likeness (QED) is 0.462. The number of carbonyl (C=O) groups is 2. The average Bonchev–Trinajstić information content (AvgIpc) is 3.44. The smallest absolute Gasteiger partial charge is 0.269 e. The van der Waals surface area contributed by atoms with Gasteiger partial charge in [-0.2, -0.15) is 0 Å². The van der Waals surface area contributed by atoms with E-state index in [9.17, 15) is 19.7 Å². The molecule has 5 rings (SSSR count). The van der Waals surface area contributed by atoms with E-state index < -0.39 is 4.92 Å². The SMILES string of the molecule is O=C(NCCc1ccccn1)[C@@H]1Cc2cc([N+](=O)[O-])ccc2N2CCN(CC(=O)N3CCCC3)C[C@H]12. The summed E-state index contributed by atoms with van der Waals surface area (Å²) in [6.07, 6.45) is 4.92. The molecule has 0 bridgehead atoms. The van der Waals surface area contributed by atoms with Gasteiger partial charge in [0.2, 0.25) is 11.8 Å². The number of aromatic nitrogens is 1. The Balaban J connectivity index is 1.32. The lowest BCUT2D eigenvalue weighted by Crippen LogP contribution is -2.62. The van der Waals surface area contributed by atoms with E-state index >= 15 is 0 Å². The van der Waals surface area contributed by atoms with Crippen molar-refractivity contribution in [2.75, 3.05) is 50.7 Å². The monoisotopic (exact) mass is 492 g/mol. The molecule has 0 aliphatic carbocycles. The van der Waals surface area contributed by atoms with Gasteiger partial charge < -0.3 is 15.1 Å². The average molecular weight is 493 g/mol. The number of hydrogen-bond donors (Lipinski definition) is 1. The van der Waals surface area contributed by atoms with Gasteiger partial charge in [-0.05, 0) is 43.0 Å². The molecule has 10 heteroatoms. The largest absolute Gasteiger partial charge is 0.365 e. The lowest BCUT2D eigenvalue weighted by atomic mass is 9.83. The summed E-state index contributed by atoms with van der Waals surface area (Å²) >= 11 is 0. The Morgan fingerprint density at radius 3 is 2.69 bits per heavy atom. The molecular weight excluding hydrogens is 460 g/mol. The second-order valence-corrected chi connectivity index (χ2v) is 9.83. The Morgan fingerprint density at radius 2 is 1.94 bits per heavy atom. The lowest BCUT2D eigenvalue weighted by molar-refractivity contribution is -0.384. The predicted octanol–water partition coefficient (Wildman–Crippen LogP) is 1.63. The number of hydrogen-bond acceptors (Lipinski definition) is 7. The van der Waals surface area contributed by atoms with Gasteiger partial charge in [0.15, 0.2) is 0 Å². The van der Waals surface area contributed by atoms with E-state index in [1.54, 1.807) is 18.3 Å². The molecule has 36 heavy (non-hydrogen) atoms. The molecule has 2 saturated heterocycles. The van der Waals surface area contributed by atoms with E-state index in [2.05, 4.69) is 20.1 Å². The van der Waals surface area contributed by atoms with Gasteiger partial charge >= 0.3 is 0 Å². The number of nitrogens with zero attached hydrogens (tertiary/aromatic N) is 5. The van der Waals surface area contributed by atoms with Crippen molar-refractivity contribution < 1.29 is 14.5 Å². The molecule has 1 N–H and O–H groups in total. The Morgan fingerprint density at radius 1 is 1.11 bits per heavy atom. The molecule has 1 aromatic heterocycles.